The molecule has 0 saturated heterocycles. The zero-order valence-electron chi connectivity index (χ0n) is 11.7. The average Bonchev–Trinajstić information content (AvgIpc) is 2.33. The lowest BCUT2D eigenvalue weighted by Crippen LogP contribution is -2.03. The number of hydrogen-bond donors (Lipinski definition) is 0. The number of rotatable bonds is 12. The summed E-state index contributed by atoms with van der Waals surface area (Å²) < 4.78 is 23.4. The van der Waals surface area contributed by atoms with Gasteiger partial charge in [0.1, 0.15) is 0 Å². The molecule has 0 radical (unpaired) electrons. The molecule has 0 fully saturated rings. The molecule has 4 heteroatoms. The van der Waals surface area contributed by atoms with Gasteiger partial charge in [0, 0.05) is 0 Å². The highest BCUT2D eigenvalue weighted by molar-refractivity contribution is 7.53. The van der Waals surface area contributed by atoms with Gasteiger partial charge >= 0.3 is 7.60 Å². The van der Waals surface area contributed by atoms with Crippen molar-refractivity contribution in [1.29, 1.82) is 0 Å². The van der Waals surface area contributed by atoms with E-state index in [0.29, 0.717) is 19.4 Å². The molecule has 0 saturated carbocycles. The van der Waals surface area contributed by atoms with Crippen molar-refractivity contribution in [2.75, 3.05) is 19.4 Å². The van der Waals surface area contributed by atoms with Gasteiger partial charge in [0.05, 0.1) is 19.4 Å². The molecular weight excluding hydrogens is 235 g/mol. The summed E-state index contributed by atoms with van der Waals surface area (Å²) in [6.07, 6.45) is 7.78. The first kappa shape index (κ1) is 17.2. The van der Waals surface area contributed by atoms with Gasteiger partial charge in [-0.3, -0.25) is 4.57 Å². The Balaban J connectivity index is 3.95. The van der Waals surface area contributed by atoms with Crippen molar-refractivity contribution in [3.05, 3.63) is 0 Å². The molecule has 0 spiro atoms. The predicted octanol–water partition coefficient (Wildman–Crippen LogP) is 5.00. The number of unbranched alkanes of at least 4 members (excludes halogenated alkanes) is 4. The summed E-state index contributed by atoms with van der Waals surface area (Å²) >= 11 is 0. The van der Waals surface area contributed by atoms with Crippen LogP contribution in [0.3, 0.4) is 0 Å². The Bertz CT molecular complexity index is 207. The van der Waals surface area contributed by atoms with Crippen LogP contribution in [0.5, 0.6) is 0 Å². The van der Waals surface area contributed by atoms with E-state index in [0.717, 1.165) is 44.9 Å². The second kappa shape index (κ2) is 11.3. The normalized spacial score (nSPS) is 14.8. The third-order valence-electron chi connectivity index (χ3n) is 2.61. The topological polar surface area (TPSA) is 35.5 Å². The zero-order chi connectivity index (χ0) is 13.0. The summed E-state index contributed by atoms with van der Waals surface area (Å²) in [7, 11) is -2.81. The Morgan fingerprint density at radius 2 is 1.29 bits per heavy atom. The molecule has 3 nitrogen and oxygen atoms in total. The van der Waals surface area contributed by atoms with E-state index in [1.54, 1.807) is 0 Å². The van der Waals surface area contributed by atoms with E-state index in [1.807, 2.05) is 0 Å². The molecule has 0 rings (SSSR count). The largest absolute Gasteiger partial charge is 0.330 e. The van der Waals surface area contributed by atoms with Crippen LogP contribution in [0.25, 0.3) is 0 Å². The van der Waals surface area contributed by atoms with Gasteiger partial charge in [-0.25, -0.2) is 0 Å². The molecule has 0 aliphatic rings. The summed E-state index contributed by atoms with van der Waals surface area (Å²) in [5, 5.41) is 0. The lowest BCUT2D eigenvalue weighted by atomic mass is 10.3. The smallest absolute Gasteiger partial charge is 0.309 e. The maximum Gasteiger partial charge on any atom is 0.330 e. The van der Waals surface area contributed by atoms with E-state index in [2.05, 4.69) is 20.8 Å². The summed E-state index contributed by atoms with van der Waals surface area (Å²) in [6, 6.07) is 0. The van der Waals surface area contributed by atoms with Gasteiger partial charge in [-0.05, 0) is 19.3 Å². The minimum Gasteiger partial charge on any atom is -0.309 e. The highest BCUT2D eigenvalue weighted by Gasteiger charge is 2.23. The molecule has 17 heavy (non-hydrogen) atoms. The van der Waals surface area contributed by atoms with E-state index in [4.69, 9.17) is 9.05 Å². The van der Waals surface area contributed by atoms with Crippen LogP contribution >= 0.6 is 7.60 Å². The molecular formula is C13H29O3P. The van der Waals surface area contributed by atoms with Gasteiger partial charge in [-0.1, -0.05) is 46.5 Å². The first-order chi connectivity index (χ1) is 8.18. The van der Waals surface area contributed by atoms with Crippen molar-refractivity contribution >= 4 is 7.60 Å². The van der Waals surface area contributed by atoms with E-state index >= 15 is 0 Å². The standard InChI is InChI=1S/C13H29O3P/c1-4-7-10-12-16-17(14,13-9-6-3)15-11-8-5-2/h4-13H2,1-3H3. The highest BCUT2D eigenvalue weighted by atomic mass is 31.2. The van der Waals surface area contributed by atoms with Crippen LogP contribution in [0, 0.1) is 0 Å². The van der Waals surface area contributed by atoms with E-state index in [9.17, 15) is 4.57 Å². The second-order valence-electron chi connectivity index (χ2n) is 4.42. The molecule has 0 aromatic carbocycles. The van der Waals surface area contributed by atoms with Crippen LogP contribution in [0.15, 0.2) is 0 Å². The van der Waals surface area contributed by atoms with Crippen molar-refractivity contribution in [3.8, 4) is 0 Å². The lowest BCUT2D eigenvalue weighted by molar-refractivity contribution is 0.198. The van der Waals surface area contributed by atoms with Gasteiger partial charge in [-0.15, -0.1) is 0 Å². The van der Waals surface area contributed by atoms with Gasteiger partial charge in [0.2, 0.25) is 0 Å². The first-order valence-electron chi connectivity index (χ1n) is 7.06. The Kier molecular flexibility index (Phi) is 11.4. The van der Waals surface area contributed by atoms with Crippen LogP contribution in [0.4, 0.5) is 0 Å². The fourth-order valence-electron chi connectivity index (χ4n) is 1.42. The minimum absolute atomic E-state index is 0.561. The Morgan fingerprint density at radius 1 is 0.765 bits per heavy atom. The molecule has 104 valence electrons. The molecule has 0 aromatic rings. The Hall–Kier alpha value is 0.150. The summed E-state index contributed by atoms with van der Waals surface area (Å²) in [4.78, 5) is 0. The summed E-state index contributed by atoms with van der Waals surface area (Å²) in [5.41, 5.74) is 0. The fraction of sp³-hybridized carbons (Fsp3) is 1.00. The Morgan fingerprint density at radius 3 is 1.82 bits per heavy atom. The van der Waals surface area contributed by atoms with Crippen LogP contribution in [0.1, 0.15) is 65.7 Å². The molecule has 0 N–H and O–H groups in total. The highest BCUT2D eigenvalue weighted by Crippen LogP contribution is 2.49. The van der Waals surface area contributed by atoms with Crippen LogP contribution in [-0.4, -0.2) is 19.4 Å². The molecule has 1 atom stereocenters. The van der Waals surface area contributed by atoms with Crippen LogP contribution < -0.4 is 0 Å². The molecule has 0 amide bonds. The molecule has 0 aliphatic carbocycles. The average molecular weight is 264 g/mol. The van der Waals surface area contributed by atoms with E-state index in [-0.39, 0.29) is 0 Å². The van der Waals surface area contributed by atoms with Gasteiger partial charge in [-0.2, -0.15) is 0 Å². The van der Waals surface area contributed by atoms with Gasteiger partial charge < -0.3 is 9.05 Å². The van der Waals surface area contributed by atoms with Crippen molar-refractivity contribution < 1.29 is 13.6 Å². The molecule has 0 aliphatic heterocycles. The van der Waals surface area contributed by atoms with Crippen molar-refractivity contribution in [2.24, 2.45) is 0 Å². The molecule has 0 bridgehead atoms. The molecule has 0 aromatic heterocycles. The Labute approximate surface area is 107 Å². The summed E-state index contributed by atoms with van der Waals surface area (Å²) in [5.74, 6) is 0. The fourth-order valence-corrected chi connectivity index (χ4v) is 3.27. The zero-order valence-corrected chi connectivity index (χ0v) is 12.6. The maximum atomic E-state index is 12.4. The molecule has 0 heterocycles. The second-order valence-corrected chi connectivity index (χ2v) is 6.60. The van der Waals surface area contributed by atoms with Crippen LogP contribution in [-0.2, 0) is 13.6 Å². The summed E-state index contributed by atoms with van der Waals surface area (Å²) in [6.45, 7) is 7.47. The number of hydrogen-bond acceptors (Lipinski definition) is 3. The van der Waals surface area contributed by atoms with Gasteiger partial charge in [0.25, 0.3) is 0 Å². The lowest BCUT2D eigenvalue weighted by Gasteiger charge is -2.18. The maximum absolute atomic E-state index is 12.4. The van der Waals surface area contributed by atoms with E-state index < -0.39 is 7.60 Å². The first-order valence-corrected chi connectivity index (χ1v) is 8.79. The van der Waals surface area contributed by atoms with E-state index in [1.165, 1.54) is 0 Å². The predicted molar refractivity (Wildman–Crippen MR) is 73.7 cm³/mol. The third kappa shape index (κ3) is 9.82. The van der Waals surface area contributed by atoms with Crippen molar-refractivity contribution in [2.45, 2.75) is 65.7 Å². The quantitative estimate of drug-likeness (QED) is 0.367. The van der Waals surface area contributed by atoms with Crippen LogP contribution in [0.2, 0.25) is 0 Å². The van der Waals surface area contributed by atoms with Crippen molar-refractivity contribution in [3.63, 3.8) is 0 Å². The minimum atomic E-state index is -2.81. The third-order valence-corrected chi connectivity index (χ3v) is 4.62. The molecule has 1 unspecified atom stereocenters. The monoisotopic (exact) mass is 264 g/mol. The SMILES string of the molecule is CCCCCOP(=O)(CCCC)OCCCC. The van der Waals surface area contributed by atoms with Crippen molar-refractivity contribution in [1.82, 2.24) is 0 Å². The van der Waals surface area contributed by atoms with Gasteiger partial charge in [0.15, 0.2) is 0 Å².